The summed E-state index contributed by atoms with van der Waals surface area (Å²) in [5.74, 6) is -2.19. The second-order valence-electron chi connectivity index (χ2n) is 13.1. The number of carbonyl (C=O) groups excluding carboxylic acids is 2. The van der Waals surface area contributed by atoms with E-state index >= 15 is 0 Å². The van der Waals surface area contributed by atoms with E-state index in [1.165, 1.54) is 39.5 Å². The maximum absolute atomic E-state index is 14.2. The van der Waals surface area contributed by atoms with Crippen molar-refractivity contribution in [2.45, 2.75) is 42.5 Å². The number of hydrogen-bond acceptors (Lipinski definition) is 13. The van der Waals surface area contributed by atoms with Gasteiger partial charge in [0, 0.05) is 22.9 Å². The molecule has 2 unspecified atom stereocenters. The molecule has 284 valence electrons. The van der Waals surface area contributed by atoms with E-state index in [4.69, 9.17) is 14.6 Å². The number of rotatable bonds is 13. The summed E-state index contributed by atoms with van der Waals surface area (Å²) in [7, 11) is 0. The first kappa shape index (κ1) is 37.3. The van der Waals surface area contributed by atoms with Crippen LogP contribution in [0.15, 0.2) is 124 Å². The molecular formula is C40H35N7O6S3. The van der Waals surface area contributed by atoms with E-state index < -0.39 is 41.0 Å². The number of benzene rings is 3. The molecule has 0 bridgehead atoms. The fourth-order valence-electron chi connectivity index (χ4n) is 6.90. The maximum atomic E-state index is 14.2. The van der Waals surface area contributed by atoms with Crippen LogP contribution in [-0.4, -0.2) is 78.1 Å². The topological polar surface area (TPSA) is 168 Å². The Balaban J connectivity index is 1.09. The van der Waals surface area contributed by atoms with Gasteiger partial charge in [-0.05, 0) is 52.7 Å². The van der Waals surface area contributed by atoms with Gasteiger partial charge in [0.15, 0.2) is 10.8 Å². The van der Waals surface area contributed by atoms with E-state index in [1.807, 2.05) is 54.6 Å². The number of hydrogen-bond donors (Lipinski definition) is 3. The number of oxime groups is 1. The van der Waals surface area contributed by atoms with Crippen molar-refractivity contribution >= 4 is 69.3 Å². The van der Waals surface area contributed by atoms with Gasteiger partial charge in [-0.1, -0.05) is 107 Å². The summed E-state index contributed by atoms with van der Waals surface area (Å²) < 4.78 is 9.55. The zero-order valence-corrected chi connectivity index (χ0v) is 32.1. The van der Waals surface area contributed by atoms with Crippen molar-refractivity contribution in [1.82, 2.24) is 24.8 Å². The number of anilines is 1. The molecular weight excluding hydrogens is 771 g/mol. The first-order valence-corrected chi connectivity index (χ1v) is 20.6. The Hall–Kier alpha value is -5.68. The highest BCUT2D eigenvalue weighted by Gasteiger charge is 2.54. The van der Waals surface area contributed by atoms with E-state index in [2.05, 4.69) is 61.8 Å². The molecule has 0 radical (unpaired) electrons. The van der Waals surface area contributed by atoms with Gasteiger partial charge in [-0.2, -0.15) is 0 Å². The van der Waals surface area contributed by atoms with E-state index in [9.17, 15) is 19.5 Å². The Morgan fingerprint density at radius 3 is 2.21 bits per heavy atom. The minimum atomic E-state index is -1.24. The second kappa shape index (κ2) is 16.6. The van der Waals surface area contributed by atoms with Crippen LogP contribution < -0.4 is 10.6 Å². The van der Waals surface area contributed by atoms with Crippen molar-refractivity contribution < 1.29 is 29.1 Å². The highest BCUT2D eigenvalue weighted by molar-refractivity contribution is 8.00. The third-order valence-corrected chi connectivity index (χ3v) is 12.2. The van der Waals surface area contributed by atoms with Crippen LogP contribution in [0, 0.1) is 0 Å². The number of fused-ring (bicyclic) bond motifs is 1. The van der Waals surface area contributed by atoms with E-state index in [0.29, 0.717) is 35.2 Å². The summed E-state index contributed by atoms with van der Waals surface area (Å²) in [6, 6.07) is 29.2. The Kier molecular flexibility index (Phi) is 11.0. The molecule has 8 rings (SSSR count). The number of nitrogens with one attached hydrogen (secondary N) is 2. The molecule has 5 aromatic rings. The summed E-state index contributed by atoms with van der Waals surface area (Å²) in [6.45, 7) is 0.510. The summed E-state index contributed by atoms with van der Waals surface area (Å²) in [6.07, 6.45) is 5.03. The van der Waals surface area contributed by atoms with Crippen molar-refractivity contribution in [3.05, 3.63) is 147 Å². The van der Waals surface area contributed by atoms with Gasteiger partial charge in [-0.3, -0.25) is 14.5 Å². The maximum Gasteiger partial charge on any atom is 0.352 e. The minimum Gasteiger partial charge on any atom is -0.477 e. The Morgan fingerprint density at radius 1 is 0.946 bits per heavy atom. The van der Waals surface area contributed by atoms with Crippen LogP contribution >= 0.6 is 34.6 Å². The van der Waals surface area contributed by atoms with Gasteiger partial charge in [0.25, 0.3) is 11.8 Å². The largest absolute Gasteiger partial charge is 0.477 e. The van der Waals surface area contributed by atoms with E-state index in [1.54, 1.807) is 22.9 Å². The fraction of sp³-hybridized carbons (Fsp3) is 0.225. The van der Waals surface area contributed by atoms with Crippen LogP contribution in [0.2, 0.25) is 0 Å². The lowest BCUT2D eigenvalue weighted by Crippen LogP contribution is -2.71. The van der Waals surface area contributed by atoms with Gasteiger partial charge < -0.3 is 25.3 Å². The number of β-lactam (4-membered cyclic amide) rings is 1. The van der Waals surface area contributed by atoms with Crippen LogP contribution in [0.5, 0.6) is 0 Å². The van der Waals surface area contributed by atoms with Gasteiger partial charge in [0.1, 0.15) is 28.3 Å². The molecule has 2 fully saturated rings. The standard InChI is InChI=1S/C40H35N7O6S3/c48-35(42-33-36(49)47-34(38(50)51)25(22-54-37(33)47)19-20-29-23-56-46-44-29)32(45-53-31-18-10-11-21-52-31)30-24-55-39(41-30)43-40(26-12-4-1-5-13-26,27-14-6-2-7-15-27)28-16-8-3-9-17-28/h1-9,12-17,19-20,23-24,31,33,37H,10-11,18,21-22H2,(H,41,43)(H,42,48)(H,50,51)/t31?,33?,37-/m0/s1. The number of carbonyl (C=O) groups is 3. The van der Waals surface area contributed by atoms with Crippen LogP contribution in [0.4, 0.5) is 5.13 Å². The first-order valence-electron chi connectivity index (χ1n) is 17.9. The molecule has 3 atom stereocenters. The van der Waals surface area contributed by atoms with E-state index in [-0.39, 0.29) is 17.1 Å². The molecule has 3 aliphatic rings. The third-order valence-electron chi connectivity index (χ3n) is 9.60. The van der Waals surface area contributed by atoms with Crippen LogP contribution in [0.25, 0.3) is 6.08 Å². The highest BCUT2D eigenvalue weighted by Crippen LogP contribution is 2.42. The number of aliphatic carboxylic acids is 1. The smallest absolute Gasteiger partial charge is 0.352 e. The molecule has 5 heterocycles. The SMILES string of the molecule is O=C(O)C1=C(C=Cc2csnn2)CS[C@H]2C(NC(=O)C(=NOC3CCCCO3)c3csc(NC(c4ccccc4)(c4ccccc4)c4ccccc4)n3)C(=O)N12. The predicted octanol–water partition coefficient (Wildman–Crippen LogP) is 6.10. The quantitative estimate of drug-likeness (QED) is 0.0545. The fourth-order valence-corrected chi connectivity index (χ4v) is 9.39. The van der Waals surface area contributed by atoms with Crippen LogP contribution in [-0.2, 0) is 29.5 Å². The number of carboxylic acid groups (broad SMARTS) is 1. The number of allylic oxidation sites excluding steroid dienone is 1. The summed E-state index contributed by atoms with van der Waals surface area (Å²) in [4.78, 5) is 52.1. The second-order valence-corrected chi connectivity index (χ2v) is 15.6. The number of carboxylic acids is 1. The van der Waals surface area contributed by atoms with Crippen molar-refractivity contribution in [2.75, 3.05) is 17.7 Å². The van der Waals surface area contributed by atoms with Gasteiger partial charge >= 0.3 is 5.97 Å². The van der Waals surface area contributed by atoms with Crippen LogP contribution in [0.3, 0.4) is 0 Å². The lowest BCUT2D eigenvalue weighted by atomic mass is 9.77. The van der Waals surface area contributed by atoms with Gasteiger partial charge in [-0.25, -0.2) is 9.78 Å². The first-order chi connectivity index (χ1) is 27.4. The van der Waals surface area contributed by atoms with Crippen molar-refractivity contribution in [2.24, 2.45) is 5.16 Å². The average molecular weight is 806 g/mol. The molecule has 3 aliphatic heterocycles. The molecule has 0 saturated carbocycles. The summed E-state index contributed by atoms with van der Waals surface area (Å²) in [5.41, 5.74) is 3.04. The van der Waals surface area contributed by atoms with Gasteiger partial charge in [0.05, 0.1) is 12.3 Å². The molecule has 13 nitrogen and oxygen atoms in total. The summed E-state index contributed by atoms with van der Waals surface area (Å²) in [5, 5.41) is 28.2. The Morgan fingerprint density at radius 2 is 1.62 bits per heavy atom. The number of ether oxygens (including phenoxy) is 1. The summed E-state index contributed by atoms with van der Waals surface area (Å²) >= 11 is 3.83. The molecule has 0 spiro atoms. The molecule has 56 heavy (non-hydrogen) atoms. The number of thiazole rings is 1. The predicted molar refractivity (Wildman–Crippen MR) is 215 cm³/mol. The number of amides is 2. The highest BCUT2D eigenvalue weighted by atomic mass is 32.2. The number of nitrogens with zero attached hydrogens (tertiary/aromatic N) is 5. The molecule has 2 amide bonds. The molecule has 16 heteroatoms. The molecule has 0 aliphatic carbocycles. The third kappa shape index (κ3) is 7.47. The number of thioether (sulfide) groups is 1. The molecule has 3 aromatic carbocycles. The monoisotopic (exact) mass is 805 g/mol. The molecule has 2 saturated heterocycles. The van der Waals surface area contributed by atoms with Gasteiger partial charge in [-0.15, -0.1) is 28.2 Å². The lowest BCUT2D eigenvalue weighted by molar-refractivity contribution is -0.162. The van der Waals surface area contributed by atoms with E-state index in [0.717, 1.165) is 29.5 Å². The van der Waals surface area contributed by atoms with Crippen LogP contribution in [0.1, 0.15) is 47.3 Å². The van der Waals surface area contributed by atoms with Crippen molar-refractivity contribution in [1.29, 1.82) is 0 Å². The molecule has 3 N–H and O–H groups in total. The van der Waals surface area contributed by atoms with Gasteiger partial charge in [0.2, 0.25) is 6.29 Å². The lowest BCUT2D eigenvalue weighted by Gasteiger charge is -2.49. The zero-order chi connectivity index (χ0) is 38.5. The minimum absolute atomic E-state index is 0.135. The average Bonchev–Trinajstić information content (AvgIpc) is 3.95. The Bertz CT molecular complexity index is 2180. The van der Waals surface area contributed by atoms with Crippen molar-refractivity contribution in [3.8, 4) is 0 Å². The normalized spacial score (nSPS) is 20.0. The Labute approximate surface area is 334 Å². The number of aromatic nitrogens is 3. The zero-order valence-electron chi connectivity index (χ0n) is 29.7. The molecule has 2 aromatic heterocycles. The van der Waals surface area contributed by atoms with Crippen molar-refractivity contribution in [3.63, 3.8) is 0 Å².